The Labute approximate surface area is 378 Å². The molecule has 1 spiro atoms. The molecule has 1 unspecified atom stereocenters. The molecule has 0 saturated heterocycles. The van der Waals surface area contributed by atoms with E-state index in [9.17, 15) is 0 Å². The third-order valence-corrected chi connectivity index (χ3v) is 15.6. The zero-order chi connectivity index (χ0) is 42.6. The maximum atomic E-state index is 2.61. The highest BCUT2D eigenvalue weighted by Gasteiger charge is 2.52. The first-order valence-corrected chi connectivity index (χ1v) is 22.9. The van der Waals surface area contributed by atoms with Gasteiger partial charge in [0.05, 0.1) is 39.2 Å². The van der Waals surface area contributed by atoms with E-state index in [0.29, 0.717) is 0 Å². The van der Waals surface area contributed by atoms with E-state index in [2.05, 4.69) is 241 Å². The third-order valence-electron chi connectivity index (χ3n) is 15.6. The lowest BCUT2D eigenvalue weighted by molar-refractivity contribution is 0.702. The molecule has 302 valence electrons. The Morgan fingerprint density at radius 3 is 1.69 bits per heavy atom. The van der Waals surface area contributed by atoms with Crippen molar-refractivity contribution < 1.29 is 0 Å². The molecular formula is C63H40N2. The molecule has 0 bridgehead atoms. The van der Waals surface area contributed by atoms with Crippen LogP contribution in [0, 0.1) is 0 Å². The number of anilines is 3. The van der Waals surface area contributed by atoms with E-state index < -0.39 is 5.41 Å². The highest BCUT2D eigenvalue weighted by molar-refractivity contribution is 6.14. The van der Waals surface area contributed by atoms with Crippen molar-refractivity contribution in [3.8, 4) is 50.2 Å². The van der Waals surface area contributed by atoms with E-state index in [0.717, 1.165) is 5.69 Å². The van der Waals surface area contributed by atoms with E-state index in [4.69, 9.17) is 0 Å². The average molecular weight is 825 g/mol. The van der Waals surface area contributed by atoms with Crippen LogP contribution in [0.1, 0.15) is 45.9 Å². The van der Waals surface area contributed by atoms with Crippen LogP contribution < -0.4 is 4.90 Å². The van der Waals surface area contributed by atoms with Gasteiger partial charge >= 0.3 is 0 Å². The Bertz CT molecular complexity index is 3820. The summed E-state index contributed by atoms with van der Waals surface area (Å²) in [5.41, 5.74) is 25.9. The lowest BCUT2D eigenvalue weighted by Gasteiger charge is -2.43. The maximum absolute atomic E-state index is 2.61. The number of para-hydroxylation sites is 4. The summed E-state index contributed by atoms with van der Waals surface area (Å²) in [5, 5.41) is 2.55. The molecule has 2 aliphatic heterocycles. The van der Waals surface area contributed by atoms with Gasteiger partial charge in [-0.15, -0.1) is 0 Å². The second-order valence-electron chi connectivity index (χ2n) is 18.4. The molecule has 15 rings (SSSR count). The highest BCUT2D eigenvalue weighted by Crippen LogP contribution is 2.65. The summed E-state index contributed by atoms with van der Waals surface area (Å²) >= 11 is 0. The minimum absolute atomic E-state index is 0.334. The SMILES string of the molecule is CC12c3ccccc3-c3cccc(c31)N(c1ccccc1-c1cccc3c1-n1c4ccccc4c4cccc(c41)C31c3ccccc3-c3ccccc31)c1cc(-c3ccccc3)ccc12. The van der Waals surface area contributed by atoms with Gasteiger partial charge in [0.2, 0.25) is 0 Å². The minimum Gasteiger partial charge on any atom is -0.309 e. The van der Waals surface area contributed by atoms with Gasteiger partial charge in [-0.1, -0.05) is 200 Å². The molecule has 2 aliphatic carbocycles. The van der Waals surface area contributed by atoms with Gasteiger partial charge in [0.1, 0.15) is 0 Å². The molecule has 1 atom stereocenters. The molecule has 65 heavy (non-hydrogen) atoms. The van der Waals surface area contributed by atoms with E-state index in [1.54, 1.807) is 0 Å². The van der Waals surface area contributed by atoms with Crippen molar-refractivity contribution in [3.63, 3.8) is 0 Å². The van der Waals surface area contributed by atoms with Gasteiger partial charge in [0.15, 0.2) is 0 Å². The predicted octanol–water partition coefficient (Wildman–Crippen LogP) is 15.9. The fourth-order valence-corrected chi connectivity index (χ4v) is 13.1. The smallest absolute Gasteiger partial charge is 0.0754 e. The van der Waals surface area contributed by atoms with Crippen LogP contribution >= 0.6 is 0 Å². The van der Waals surface area contributed by atoms with Gasteiger partial charge in [-0.2, -0.15) is 0 Å². The van der Waals surface area contributed by atoms with Crippen LogP contribution in [0.25, 0.3) is 72.0 Å². The number of fused-ring (bicyclic) bond motifs is 17. The molecular weight excluding hydrogens is 785 g/mol. The first-order chi connectivity index (χ1) is 32.2. The van der Waals surface area contributed by atoms with Crippen LogP contribution in [-0.4, -0.2) is 4.57 Å². The summed E-state index contributed by atoms with van der Waals surface area (Å²) in [7, 11) is 0. The van der Waals surface area contributed by atoms with Gasteiger partial charge in [0.25, 0.3) is 0 Å². The molecule has 10 aromatic carbocycles. The van der Waals surface area contributed by atoms with E-state index >= 15 is 0 Å². The zero-order valence-corrected chi connectivity index (χ0v) is 35.8. The third kappa shape index (κ3) is 4.21. The Kier molecular flexibility index (Phi) is 6.78. The predicted molar refractivity (Wildman–Crippen MR) is 268 cm³/mol. The van der Waals surface area contributed by atoms with Gasteiger partial charge < -0.3 is 9.47 Å². The van der Waals surface area contributed by atoms with Crippen LogP contribution in [0.4, 0.5) is 17.1 Å². The van der Waals surface area contributed by atoms with Crippen molar-refractivity contribution in [2.24, 2.45) is 0 Å². The normalized spacial score (nSPS) is 16.2. The number of aromatic nitrogens is 1. The van der Waals surface area contributed by atoms with Crippen molar-refractivity contribution in [1.82, 2.24) is 4.57 Å². The molecule has 0 fully saturated rings. The molecule has 0 radical (unpaired) electrons. The summed E-state index contributed by atoms with van der Waals surface area (Å²) in [4.78, 5) is 2.60. The fourth-order valence-electron chi connectivity index (χ4n) is 13.1. The standard InChI is InChI=1S/C63H40N2/c1-62-49-28-10-5-22-43(49)46-25-17-35-57(59(46)62)64(58-38-40(36-37-52(58)62)39-18-3-2-4-19-39)55-33-13-8-23-44(55)47-26-15-31-53-60(47)65-56-34-14-9-24-45(56)48-27-16-32-54(61(48)65)63(53)50-29-11-6-20-41(50)42-21-7-12-30-51(42)63/h2-38H,1H3. The molecule has 2 nitrogen and oxygen atoms in total. The molecule has 0 N–H and O–H groups in total. The number of nitrogens with zero attached hydrogens (tertiary/aromatic N) is 2. The van der Waals surface area contributed by atoms with Crippen molar-refractivity contribution >= 4 is 38.9 Å². The van der Waals surface area contributed by atoms with Crippen molar-refractivity contribution in [2.75, 3.05) is 4.90 Å². The largest absolute Gasteiger partial charge is 0.309 e. The summed E-state index contributed by atoms with van der Waals surface area (Å²) in [5.74, 6) is 0. The molecule has 2 heteroatoms. The first kappa shape index (κ1) is 35.3. The Morgan fingerprint density at radius 1 is 0.338 bits per heavy atom. The lowest BCUT2D eigenvalue weighted by Crippen LogP contribution is -2.34. The average Bonchev–Trinajstić information content (AvgIpc) is 3.97. The van der Waals surface area contributed by atoms with Gasteiger partial charge in [-0.05, 0) is 104 Å². The number of rotatable bonds is 3. The van der Waals surface area contributed by atoms with Crippen molar-refractivity contribution in [3.05, 3.63) is 263 Å². The quantitative estimate of drug-likeness (QED) is 0.172. The topological polar surface area (TPSA) is 8.17 Å². The maximum Gasteiger partial charge on any atom is 0.0754 e. The second kappa shape index (κ2) is 12.5. The van der Waals surface area contributed by atoms with E-state index in [1.165, 1.54) is 122 Å². The van der Waals surface area contributed by atoms with Crippen molar-refractivity contribution in [1.29, 1.82) is 0 Å². The zero-order valence-electron chi connectivity index (χ0n) is 35.8. The van der Waals surface area contributed by atoms with Crippen LogP contribution in [0.5, 0.6) is 0 Å². The number of hydrogen-bond acceptors (Lipinski definition) is 1. The van der Waals surface area contributed by atoms with Crippen molar-refractivity contribution in [2.45, 2.75) is 17.8 Å². The van der Waals surface area contributed by atoms with Gasteiger partial charge in [-0.3, -0.25) is 0 Å². The molecule has 3 heterocycles. The molecule has 4 aliphatic rings. The Hall–Kier alpha value is -8.20. The van der Waals surface area contributed by atoms with E-state index in [1.807, 2.05) is 0 Å². The fraction of sp³-hybridized carbons (Fsp3) is 0.0476. The van der Waals surface area contributed by atoms with Crippen LogP contribution in [0.2, 0.25) is 0 Å². The summed E-state index contributed by atoms with van der Waals surface area (Å²) in [6, 6.07) is 84.7. The first-order valence-electron chi connectivity index (χ1n) is 22.9. The Morgan fingerprint density at radius 2 is 0.892 bits per heavy atom. The van der Waals surface area contributed by atoms with Crippen LogP contribution in [-0.2, 0) is 10.8 Å². The lowest BCUT2D eigenvalue weighted by atomic mass is 9.65. The number of hydrogen-bond donors (Lipinski definition) is 0. The molecule has 0 amide bonds. The van der Waals surface area contributed by atoms with Crippen LogP contribution in [0.15, 0.2) is 224 Å². The molecule has 0 saturated carbocycles. The minimum atomic E-state index is -0.534. The van der Waals surface area contributed by atoms with Crippen LogP contribution in [0.3, 0.4) is 0 Å². The molecule has 11 aromatic rings. The monoisotopic (exact) mass is 824 g/mol. The second-order valence-corrected chi connectivity index (χ2v) is 18.4. The summed E-state index contributed by atoms with van der Waals surface area (Å²) < 4.78 is 2.61. The van der Waals surface area contributed by atoms with E-state index in [-0.39, 0.29) is 5.41 Å². The highest BCUT2D eigenvalue weighted by atomic mass is 15.2. The summed E-state index contributed by atoms with van der Waals surface area (Å²) in [6.45, 7) is 2.45. The molecule has 1 aromatic heterocycles. The number of benzene rings is 10. The van der Waals surface area contributed by atoms with Gasteiger partial charge in [0, 0.05) is 27.3 Å². The summed E-state index contributed by atoms with van der Waals surface area (Å²) in [6.07, 6.45) is 0. The van der Waals surface area contributed by atoms with Gasteiger partial charge in [-0.25, -0.2) is 0 Å². The Balaban J connectivity index is 1.07.